The molecular weight excluding hydrogens is 340 g/mol. The zero-order chi connectivity index (χ0) is 19.1. The maximum Gasteiger partial charge on any atom is 0.343 e. The van der Waals surface area contributed by atoms with Gasteiger partial charge in [-0.15, -0.1) is 0 Å². The fourth-order valence-corrected chi connectivity index (χ4v) is 3.45. The molecule has 0 bridgehead atoms. The lowest BCUT2D eigenvalue weighted by molar-refractivity contribution is -0.134. The maximum absolute atomic E-state index is 12.3. The average Bonchev–Trinajstić information content (AvgIpc) is 3.20. The van der Waals surface area contributed by atoms with Crippen molar-refractivity contribution in [2.45, 2.75) is 51.9 Å². The van der Waals surface area contributed by atoms with E-state index in [4.69, 9.17) is 9.47 Å². The molecule has 0 amide bonds. The molecule has 0 atom stereocenters. The smallest absolute Gasteiger partial charge is 0.343 e. The molecule has 1 aliphatic carbocycles. The molecule has 1 aliphatic rings. The molecule has 0 N–H and O–H groups in total. The Hall–Kier alpha value is -2.62. The van der Waals surface area contributed by atoms with E-state index in [1.54, 1.807) is 36.4 Å². The molecule has 4 nitrogen and oxygen atoms in total. The molecule has 2 aromatic rings. The molecule has 1 saturated carbocycles. The third-order valence-electron chi connectivity index (χ3n) is 5.08. The Balaban J connectivity index is 1.54. The Morgan fingerprint density at radius 1 is 0.963 bits per heavy atom. The lowest BCUT2D eigenvalue weighted by atomic mass is 10.0. The minimum absolute atomic E-state index is 0.236. The number of aryl methyl sites for hydroxylation is 1. The Labute approximate surface area is 160 Å². The predicted octanol–water partition coefficient (Wildman–Crippen LogP) is 5.34. The summed E-state index contributed by atoms with van der Waals surface area (Å²) in [6.45, 7) is 2.06. The molecule has 0 spiro atoms. The van der Waals surface area contributed by atoms with Crippen molar-refractivity contribution >= 4 is 11.9 Å². The molecule has 0 aromatic heterocycles. The number of hydrogen-bond donors (Lipinski definition) is 0. The van der Waals surface area contributed by atoms with E-state index in [-0.39, 0.29) is 5.97 Å². The highest BCUT2D eigenvalue weighted by Gasteiger charge is 2.17. The number of carbonyl (C=O) groups excluding carboxylic acids is 2. The fourth-order valence-electron chi connectivity index (χ4n) is 3.45. The van der Waals surface area contributed by atoms with E-state index in [2.05, 4.69) is 6.92 Å². The van der Waals surface area contributed by atoms with Gasteiger partial charge in [-0.1, -0.05) is 50.8 Å². The molecule has 0 radical (unpaired) electrons. The van der Waals surface area contributed by atoms with Crippen molar-refractivity contribution in [3.05, 3.63) is 59.7 Å². The van der Waals surface area contributed by atoms with Crippen LogP contribution in [0.2, 0.25) is 0 Å². The lowest BCUT2D eigenvalue weighted by Gasteiger charge is -2.10. The first-order chi connectivity index (χ1) is 13.1. The van der Waals surface area contributed by atoms with Gasteiger partial charge in [0.2, 0.25) is 0 Å². The summed E-state index contributed by atoms with van der Waals surface area (Å²) in [5, 5.41) is 0. The van der Waals surface area contributed by atoms with E-state index in [0.717, 1.165) is 18.4 Å². The van der Waals surface area contributed by atoms with Gasteiger partial charge in [-0.05, 0) is 48.6 Å². The second-order valence-corrected chi connectivity index (χ2v) is 7.08. The van der Waals surface area contributed by atoms with E-state index >= 15 is 0 Å². The first kappa shape index (κ1) is 19.2. The highest BCUT2D eigenvalue weighted by molar-refractivity contribution is 5.91. The Bertz CT molecular complexity index is 773. The molecule has 4 heteroatoms. The van der Waals surface area contributed by atoms with Crippen molar-refractivity contribution < 1.29 is 19.1 Å². The molecule has 142 valence electrons. The molecule has 0 unspecified atom stereocenters. The topological polar surface area (TPSA) is 52.6 Å². The first-order valence-corrected chi connectivity index (χ1v) is 9.76. The van der Waals surface area contributed by atoms with Crippen molar-refractivity contribution in [3.8, 4) is 11.5 Å². The van der Waals surface area contributed by atoms with E-state index < -0.39 is 5.97 Å². The maximum atomic E-state index is 12.3. The quantitative estimate of drug-likeness (QED) is 0.490. The molecule has 27 heavy (non-hydrogen) atoms. The molecule has 1 fully saturated rings. The van der Waals surface area contributed by atoms with Crippen LogP contribution in [0.3, 0.4) is 0 Å². The minimum atomic E-state index is -0.428. The molecular formula is C23H26O4. The third-order valence-corrected chi connectivity index (χ3v) is 5.08. The summed E-state index contributed by atoms with van der Waals surface area (Å²) >= 11 is 0. The van der Waals surface area contributed by atoms with Gasteiger partial charge >= 0.3 is 11.9 Å². The summed E-state index contributed by atoms with van der Waals surface area (Å²) in [5.41, 5.74) is 1.66. The van der Waals surface area contributed by atoms with Crippen LogP contribution < -0.4 is 9.47 Å². The minimum Gasteiger partial charge on any atom is -0.426 e. The summed E-state index contributed by atoms with van der Waals surface area (Å²) in [7, 11) is 0. The normalized spacial score (nSPS) is 14.1. The molecule has 0 saturated heterocycles. The van der Waals surface area contributed by atoms with Gasteiger partial charge in [-0.3, -0.25) is 4.79 Å². The third kappa shape index (κ3) is 5.68. The second-order valence-electron chi connectivity index (χ2n) is 7.08. The number of hydrogen-bond acceptors (Lipinski definition) is 4. The monoisotopic (exact) mass is 366 g/mol. The van der Waals surface area contributed by atoms with Crippen LogP contribution in [-0.2, 0) is 11.2 Å². The van der Waals surface area contributed by atoms with E-state index in [1.165, 1.54) is 25.7 Å². The average molecular weight is 366 g/mol. The molecule has 0 aliphatic heterocycles. The number of rotatable bonds is 7. The van der Waals surface area contributed by atoms with Gasteiger partial charge in [0.05, 0.1) is 5.56 Å². The zero-order valence-corrected chi connectivity index (χ0v) is 15.8. The van der Waals surface area contributed by atoms with E-state index in [0.29, 0.717) is 29.4 Å². The Morgan fingerprint density at radius 3 is 2.30 bits per heavy atom. The van der Waals surface area contributed by atoms with Crippen molar-refractivity contribution in [1.82, 2.24) is 0 Å². The summed E-state index contributed by atoms with van der Waals surface area (Å²) in [6, 6.07) is 14.0. The van der Waals surface area contributed by atoms with E-state index in [1.807, 2.05) is 12.1 Å². The van der Waals surface area contributed by atoms with Crippen LogP contribution in [-0.4, -0.2) is 11.9 Å². The highest BCUT2D eigenvalue weighted by Crippen LogP contribution is 2.29. The molecule has 0 heterocycles. The van der Waals surface area contributed by atoms with Crippen molar-refractivity contribution in [1.29, 1.82) is 0 Å². The van der Waals surface area contributed by atoms with Crippen molar-refractivity contribution in [2.24, 2.45) is 5.92 Å². The van der Waals surface area contributed by atoms with Crippen LogP contribution in [0, 0.1) is 5.92 Å². The van der Waals surface area contributed by atoms with Crippen molar-refractivity contribution in [3.63, 3.8) is 0 Å². The van der Waals surface area contributed by atoms with Gasteiger partial charge in [0.1, 0.15) is 11.5 Å². The first-order valence-electron chi connectivity index (χ1n) is 9.76. The van der Waals surface area contributed by atoms with Gasteiger partial charge in [0.25, 0.3) is 0 Å². The lowest BCUT2D eigenvalue weighted by Crippen LogP contribution is -2.11. The fraction of sp³-hybridized carbons (Fsp3) is 0.391. The van der Waals surface area contributed by atoms with Gasteiger partial charge in [-0.2, -0.15) is 0 Å². The van der Waals surface area contributed by atoms with Crippen LogP contribution in [0.4, 0.5) is 0 Å². The van der Waals surface area contributed by atoms with Crippen LogP contribution in [0.15, 0.2) is 48.5 Å². The summed E-state index contributed by atoms with van der Waals surface area (Å²) in [4.78, 5) is 24.3. The number of benzene rings is 2. The zero-order valence-electron chi connectivity index (χ0n) is 15.8. The largest absolute Gasteiger partial charge is 0.426 e. The Kier molecular flexibility index (Phi) is 6.64. The summed E-state index contributed by atoms with van der Waals surface area (Å²) < 4.78 is 10.8. The van der Waals surface area contributed by atoms with Crippen molar-refractivity contribution in [2.75, 3.05) is 0 Å². The van der Waals surface area contributed by atoms with Gasteiger partial charge in [0, 0.05) is 12.5 Å². The van der Waals surface area contributed by atoms with Crippen LogP contribution >= 0.6 is 0 Å². The molecule has 2 aromatic carbocycles. The van der Waals surface area contributed by atoms with Gasteiger partial charge < -0.3 is 9.47 Å². The summed E-state index contributed by atoms with van der Waals surface area (Å²) in [5.74, 6) is 0.755. The summed E-state index contributed by atoms with van der Waals surface area (Å²) in [6.07, 6.45) is 7.22. The van der Waals surface area contributed by atoms with Crippen LogP contribution in [0.5, 0.6) is 11.5 Å². The predicted molar refractivity (Wildman–Crippen MR) is 104 cm³/mol. The number of esters is 2. The molecule has 3 rings (SSSR count). The number of ether oxygens (including phenoxy) is 2. The van der Waals surface area contributed by atoms with E-state index in [9.17, 15) is 9.59 Å². The SMILES string of the molecule is CCc1ccc(C(=O)Oc2cccc(OC(=O)CCC3CCCC3)c2)cc1. The Morgan fingerprint density at radius 2 is 1.63 bits per heavy atom. The number of carbonyl (C=O) groups is 2. The highest BCUT2D eigenvalue weighted by atomic mass is 16.5. The standard InChI is InChI=1S/C23H26O4/c1-2-17-10-13-19(14-11-17)23(25)27-21-9-5-8-20(16-21)26-22(24)15-12-18-6-3-4-7-18/h5,8-11,13-14,16,18H,2-4,6-7,12,15H2,1H3. The second kappa shape index (κ2) is 9.36. The van der Waals surface area contributed by atoms with Crippen LogP contribution in [0.25, 0.3) is 0 Å². The van der Waals surface area contributed by atoms with Gasteiger partial charge in [0.15, 0.2) is 0 Å². The van der Waals surface area contributed by atoms with Crippen LogP contribution in [0.1, 0.15) is 61.4 Å². The van der Waals surface area contributed by atoms with Gasteiger partial charge in [-0.25, -0.2) is 4.79 Å².